The number of hydrogen-bond donors (Lipinski definition) is 1. The van der Waals surface area contributed by atoms with E-state index in [1.165, 1.54) is 0 Å². The predicted octanol–water partition coefficient (Wildman–Crippen LogP) is 0.568. The third-order valence-electron chi connectivity index (χ3n) is 3.04. The van der Waals surface area contributed by atoms with Gasteiger partial charge in [-0.3, -0.25) is 0 Å². The van der Waals surface area contributed by atoms with Crippen molar-refractivity contribution in [3.63, 3.8) is 0 Å². The molecule has 0 aromatic heterocycles. The maximum atomic E-state index is 8.93. The van der Waals surface area contributed by atoms with E-state index in [4.69, 9.17) is 11.0 Å². The fourth-order valence-corrected chi connectivity index (χ4v) is 1.78. The van der Waals surface area contributed by atoms with Crippen LogP contribution >= 0.6 is 0 Å². The van der Waals surface area contributed by atoms with Gasteiger partial charge in [0.25, 0.3) is 0 Å². The lowest BCUT2D eigenvalue weighted by atomic mass is 9.78. The minimum atomic E-state index is -0.605. The summed E-state index contributed by atoms with van der Waals surface area (Å²) >= 11 is 0. The maximum absolute atomic E-state index is 8.93. The monoisotopic (exact) mass is 167 g/mol. The number of hydrogen-bond acceptors (Lipinski definition) is 3. The molecule has 1 rings (SSSR count). The summed E-state index contributed by atoms with van der Waals surface area (Å²) in [5, 5.41) is 8.93. The van der Waals surface area contributed by atoms with Crippen LogP contribution in [0.3, 0.4) is 0 Å². The highest BCUT2D eigenvalue weighted by atomic mass is 15.1. The molecule has 1 heterocycles. The molecule has 1 aliphatic heterocycles. The van der Waals surface area contributed by atoms with Crippen LogP contribution in [-0.2, 0) is 0 Å². The Morgan fingerprint density at radius 2 is 2.17 bits per heavy atom. The predicted molar refractivity (Wildman–Crippen MR) is 48.4 cm³/mol. The summed E-state index contributed by atoms with van der Waals surface area (Å²) < 4.78 is 0. The van der Waals surface area contributed by atoms with Gasteiger partial charge in [0.2, 0.25) is 0 Å². The minimum Gasteiger partial charge on any atom is -0.313 e. The van der Waals surface area contributed by atoms with Gasteiger partial charge in [0.15, 0.2) is 0 Å². The van der Waals surface area contributed by atoms with E-state index in [2.05, 4.69) is 24.9 Å². The number of likely N-dealkylation sites (tertiary alicyclic amines) is 1. The second kappa shape index (κ2) is 3.04. The van der Waals surface area contributed by atoms with Crippen LogP contribution in [0.15, 0.2) is 0 Å². The topological polar surface area (TPSA) is 53.0 Å². The van der Waals surface area contributed by atoms with E-state index in [1.54, 1.807) is 0 Å². The molecule has 0 aliphatic carbocycles. The Kier molecular flexibility index (Phi) is 2.41. The molecular formula is C9H17N3. The van der Waals surface area contributed by atoms with Crippen molar-refractivity contribution >= 4 is 0 Å². The van der Waals surface area contributed by atoms with E-state index in [0.29, 0.717) is 6.04 Å². The van der Waals surface area contributed by atoms with Crippen molar-refractivity contribution in [2.24, 2.45) is 11.7 Å². The summed E-state index contributed by atoms with van der Waals surface area (Å²) in [4.78, 5) is 2.26. The Morgan fingerprint density at radius 3 is 2.67 bits per heavy atom. The molecule has 1 saturated heterocycles. The van der Waals surface area contributed by atoms with Crippen LogP contribution in [0, 0.1) is 17.2 Å². The molecule has 1 fully saturated rings. The third-order valence-corrected chi connectivity index (χ3v) is 3.04. The molecule has 12 heavy (non-hydrogen) atoms. The van der Waals surface area contributed by atoms with Crippen LogP contribution in [-0.4, -0.2) is 30.1 Å². The smallest absolute Gasteiger partial charge is 0.109 e. The Balaban J connectivity index is 2.76. The summed E-state index contributed by atoms with van der Waals surface area (Å²) in [5.74, 6) is 0.267. The second-order valence-electron chi connectivity index (χ2n) is 4.05. The largest absolute Gasteiger partial charge is 0.313 e. The molecule has 0 radical (unpaired) electrons. The zero-order chi connectivity index (χ0) is 9.35. The second-order valence-corrected chi connectivity index (χ2v) is 4.05. The van der Waals surface area contributed by atoms with E-state index >= 15 is 0 Å². The van der Waals surface area contributed by atoms with Gasteiger partial charge in [-0.2, -0.15) is 5.26 Å². The first-order chi connectivity index (χ1) is 5.49. The zero-order valence-corrected chi connectivity index (χ0v) is 8.04. The van der Waals surface area contributed by atoms with Crippen molar-refractivity contribution in [2.45, 2.75) is 31.8 Å². The van der Waals surface area contributed by atoms with Crippen molar-refractivity contribution in [3.05, 3.63) is 0 Å². The van der Waals surface area contributed by atoms with Crippen LogP contribution in [0.5, 0.6) is 0 Å². The minimum absolute atomic E-state index is 0.267. The van der Waals surface area contributed by atoms with Crippen LogP contribution in [0.25, 0.3) is 0 Å². The summed E-state index contributed by atoms with van der Waals surface area (Å²) in [6.45, 7) is 5.08. The third kappa shape index (κ3) is 1.45. The maximum Gasteiger partial charge on any atom is 0.109 e. The van der Waals surface area contributed by atoms with E-state index < -0.39 is 5.54 Å². The molecule has 0 aromatic rings. The Hall–Kier alpha value is -0.590. The van der Waals surface area contributed by atoms with Crippen molar-refractivity contribution in [1.82, 2.24) is 4.90 Å². The molecule has 3 atom stereocenters. The summed E-state index contributed by atoms with van der Waals surface area (Å²) in [5.41, 5.74) is 5.36. The molecule has 0 spiro atoms. The molecule has 3 nitrogen and oxygen atoms in total. The van der Waals surface area contributed by atoms with Crippen molar-refractivity contribution in [2.75, 3.05) is 13.6 Å². The van der Waals surface area contributed by atoms with E-state index in [0.717, 1.165) is 13.0 Å². The number of rotatable bonds is 0. The fourth-order valence-electron chi connectivity index (χ4n) is 1.78. The summed E-state index contributed by atoms with van der Waals surface area (Å²) in [7, 11) is 2.08. The van der Waals surface area contributed by atoms with Crippen molar-refractivity contribution in [1.29, 1.82) is 5.26 Å². The Bertz CT molecular complexity index is 208. The van der Waals surface area contributed by atoms with Crippen LogP contribution in [0.1, 0.15) is 20.3 Å². The Morgan fingerprint density at radius 1 is 1.58 bits per heavy atom. The first-order valence-electron chi connectivity index (χ1n) is 4.40. The zero-order valence-electron chi connectivity index (χ0n) is 8.04. The molecule has 3 heteroatoms. The molecule has 0 unspecified atom stereocenters. The van der Waals surface area contributed by atoms with Crippen LogP contribution in [0.4, 0.5) is 0 Å². The van der Waals surface area contributed by atoms with Gasteiger partial charge in [-0.1, -0.05) is 6.92 Å². The van der Waals surface area contributed by atoms with E-state index in [-0.39, 0.29) is 5.92 Å². The fraction of sp³-hybridized carbons (Fsp3) is 0.889. The first-order valence-corrected chi connectivity index (χ1v) is 4.40. The lowest BCUT2D eigenvalue weighted by molar-refractivity contribution is 0.108. The van der Waals surface area contributed by atoms with Crippen molar-refractivity contribution in [3.8, 4) is 6.07 Å². The van der Waals surface area contributed by atoms with Gasteiger partial charge in [-0.15, -0.1) is 0 Å². The molecule has 0 amide bonds. The van der Waals surface area contributed by atoms with E-state index in [1.807, 2.05) is 6.92 Å². The van der Waals surface area contributed by atoms with Crippen molar-refractivity contribution < 1.29 is 0 Å². The summed E-state index contributed by atoms with van der Waals surface area (Å²) in [6, 6.07) is 2.65. The normalized spacial score (nSPS) is 43.9. The molecule has 68 valence electrons. The summed E-state index contributed by atoms with van der Waals surface area (Å²) in [6.07, 6.45) is 0.779. The molecule has 2 N–H and O–H groups in total. The highest BCUT2D eigenvalue weighted by Crippen LogP contribution is 2.27. The molecule has 0 bridgehead atoms. The molecular weight excluding hydrogens is 150 g/mol. The number of nitrogens with zero attached hydrogens (tertiary/aromatic N) is 2. The average molecular weight is 167 g/mol. The van der Waals surface area contributed by atoms with Crippen LogP contribution in [0.2, 0.25) is 0 Å². The van der Waals surface area contributed by atoms with E-state index in [9.17, 15) is 0 Å². The Labute approximate surface area is 74.1 Å². The van der Waals surface area contributed by atoms with Gasteiger partial charge >= 0.3 is 0 Å². The first kappa shape index (κ1) is 9.50. The van der Waals surface area contributed by atoms with Gasteiger partial charge in [-0.05, 0) is 20.4 Å². The number of nitriles is 1. The highest BCUT2D eigenvalue weighted by molar-refractivity contribution is 5.11. The number of piperidine rings is 1. The number of nitrogens with two attached hydrogens (primary N) is 1. The molecule has 1 aliphatic rings. The standard InChI is InChI=1S/C9H17N3/c1-7-5-12(3)8(2)4-9(7,11)6-10/h7-8H,4-5,11H2,1-3H3/t7-,8+,9-/m1/s1. The van der Waals surface area contributed by atoms with Gasteiger partial charge in [0, 0.05) is 18.5 Å². The SMILES string of the molecule is C[C@@H]1CN(C)[C@@H](C)C[C@@]1(N)C#N. The molecule has 0 saturated carbocycles. The van der Waals surface area contributed by atoms with Gasteiger partial charge < -0.3 is 10.6 Å². The quantitative estimate of drug-likeness (QED) is 0.574. The highest BCUT2D eigenvalue weighted by Gasteiger charge is 2.39. The average Bonchev–Trinajstić information content (AvgIpc) is 2.01. The van der Waals surface area contributed by atoms with Gasteiger partial charge in [0.05, 0.1) is 6.07 Å². The lowest BCUT2D eigenvalue weighted by Crippen LogP contribution is -2.57. The van der Waals surface area contributed by atoms with Crippen LogP contribution < -0.4 is 5.73 Å². The van der Waals surface area contributed by atoms with Gasteiger partial charge in [-0.25, -0.2) is 0 Å². The molecule has 0 aromatic carbocycles. The lowest BCUT2D eigenvalue weighted by Gasteiger charge is -2.42. The van der Waals surface area contributed by atoms with Gasteiger partial charge in [0.1, 0.15) is 5.54 Å².